The van der Waals surface area contributed by atoms with E-state index in [9.17, 15) is 14.9 Å². The molecule has 0 aliphatic rings. The lowest BCUT2D eigenvalue weighted by Gasteiger charge is -2.07. The van der Waals surface area contributed by atoms with Crippen molar-refractivity contribution in [3.63, 3.8) is 0 Å². The summed E-state index contributed by atoms with van der Waals surface area (Å²) in [6, 6.07) is 10.4. The SMILES string of the molecule is COc1ccc(/C(C)=N\NC(=O)Cc2ccc(C)c(C)c2)cc1[N+](=O)[O-]. The summed E-state index contributed by atoms with van der Waals surface area (Å²) in [6.45, 7) is 5.68. The van der Waals surface area contributed by atoms with Crippen molar-refractivity contribution >= 4 is 17.3 Å². The van der Waals surface area contributed by atoms with Gasteiger partial charge in [0.15, 0.2) is 5.75 Å². The highest BCUT2D eigenvalue weighted by Gasteiger charge is 2.16. The Kier molecular flexibility index (Phi) is 6.06. The summed E-state index contributed by atoms with van der Waals surface area (Å²) < 4.78 is 4.97. The van der Waals surface area contributed by atoms with Crippen LogP contribution in [0.2, 0.25) is 0 Å². The quantitative estimate of drug-likeness (QED) is 0.489. The monoisotopic (exact) mass is 355 g/mol. The van der Waals surface area contributed by atoms with Crippen LogP contribution in [0, 0.1) is 24.0 Å². The lowest BCUT2D eigenvalue weighted by molar-refractivity contribution is -0.385. The van der Waals surface area contributed by atoms with Gasteiger partial charge in [0.1, 0.15) is 0 Å². The summed E-state index contributed by atoms with van der Waals surface area (Å²) >= 11 is 0. The number of rotatable bonds is 6. The molecule has 26 heavy (non-hydrogen) atoms. The predicted molar refractivity (Wildman–Crippen MR) is 99.6 cm³/mol. The third kappa shape index (κ3) is 4.66. The number of aryl methyl sites for hydroxylation is 2. The Morgan fingerprint density at radius 1 is 1.19 bits per heavy atom. The molecule has 0 fully saturated rings. The summed E-state index contributed by atoms with van der Waals surface area (Å²) in [5.74, 6) is -0.0825. The van der Waals surface area contributed by atoms with Crippen molar-refractivity contribution in [1.29, 1.82) is 0 Å². The van der Waals surface area contributed by atoms with E-state index in [1.807, 2.05) is 32.0 Å². The van der Waals surface area contributed by atoms with E-state index in [0.29, 0.717) is 11.3 Å². The number of nitro benzene ring substituents is 1. The van der Waals surface area contributed by atoms with Gasteiger partial charge in [0.05, 0.1) is 24.2 Å². The molecule has 1 N–H and O–H groups in total. The number of nitro groups is 1. The molecule has 0 bridgehead atoms. The van der Waals surface area contributed by atoms with Gasteiger partial charge in [-0.25, -0.2) is 5.43 Å². The maximum Gasteiger partial charge on any atom is 0.311 e. The van der Waals surface area contributed by atoms with Crippen LogP contribution in [0.3, 0.4) is 0 Å². The number of hydrogen-bond donors (Lipinski definition) is 1. The number of nitrogens with zero attached hydrogens (tertiary/aromatic N) is 2. The van der Waals surface area contributed by atoms with Gasteiger partial charge in [-0.05, 0) is 49.6 Å². The van der Waals surface area contributed by atoms with Crippen LogP contribution in [0.5, 0.6) is 5.75 Å². The normalized spacial score (nSPS) is 11.2. The first-order valence-electron chi connectivity index (χ1n) is 8.04. The molecule has 136 valence electrons. The molecule has 0 unspecified atom stereocenters. The molecular weight excluding hydrogens is 334 g/mol. The fourth-order valence-corrected chi connectivity index (χ4v) is 2.41. The molecular formula is C19H21N3O4. The van der Waals surface area contributed by atoms with Crippen LogP contribution in [0.1, 0.15) is 29.2 Å². The second-order valence-electron chi connectivity index (χ2n) is 5.97. The zero-order valence-corrected chi connectivity index (χ0v) is 15.2. The molecule has 0 aliphatic heterocycles. The number of ether oxygens (including phenoxy) is 1. The summed E-state index contributed by atoms with van der Waals surface area (Å²) in [7, 11) is 1.37. The molecule has 0 aliphatic carbocycles. The number of hydrogen-bond acceptors (Lipinski definition) is 5. The number of carbonyl (C=O) groups is 1. The summed E-state index contributed by atoms with van der Waals surface area (Å²) in [6.07, 6.45) is 0.209. The first-order chi connectivity index (χ1) is 12.3. The van der Waals surface area contributed by atoms with Crippen LogP contribution in [0.15, 0.2) is 41.5 Å². The highest BCUT2D eigenvalue weighted by Crippen LogP contribution is 2.27. The number of nitrogens with one attached hydrogen (secondary N) is 1. The second-order valence-corrected chi connectivity index (χ2v) is 5.97. The second kappa shape index (κ2) is 8.24. The van der Waals surface area contributed by atoms with Gasteiger partial charge in [0.25, 0.3) is 0 Å². The van der Waals surface area contributed by atoms with Crippen LogP contribution < -0.4 is 10.2 Å². The highest BCUT2D eigenvalue weighted by molar-refractivity contribution is 6.00. The topological polar surface area (TPSA) is 93.8 Å². The Morgan fingerprint density at radius 3 is 2.54 bits per heavy atom. The van der Waals surface area contributed by atoms with E-state index in [1.54, 1.807) is 13.0 Å². The van der Waals surface area contributed by atoms with Crippen molar-refractivity contribution in [3.05, 3.63) is 68.8 Å². The average molecular weight is 355 g/mol. The molecule has 0 atom stereocenters. The molecule has 0 radical (unpaired) electrons. The van der Waals surface area contributed by atoms with E-state index in [2.05, 4.69) is 10.5 Å². The van der Waals surface area contributed by atoms with Gasteiger partial charge < -0.3 is 4.74 Å². The third-order valence-corrected chi connectivity index (χ3v) is 4.08. The minimum absolute atomic E-state index is 0.152. The molecule has 2 rings (SSSR count). The van der Waals surface area contributed by atoms with E-state index in [1.165, 1.54) is 24.8 Å². The van der Waals surface area contributed by atoms with Gasteiger partial charge in [-0.1, -0.05) is 18.2 Å². The predicted octanol–water partition coefficient (Wildman–Crippen LogP) is 3.30. The Balaban J connectivity index is 2.09. The van der Waals surface area contributed by atoms with E-state index < -0.39 is 4.92 Å². The standard InChI is InChI=1S/C19H21N3O4/c1-12-5-6-15(9-13(12)2)10-19(23)21-20-14(3)16-7-8-18(26-4)17(11-16)22(24)25/h5-9,11H,10H2,1-4H3,(H,21,23)/b20-14-. The summed E-state index contributed by atoms with van der Waals surface area (Å²) in [5.41, 5.74) is 6.53. The maximum absolute atomic E-state index is 12.1. The number of amides is 1. The Labute approximate surface area is 151 Å². The van der Waals surface area contributed by atoms with Gasteiger partial charge in [-0.2, -0.15) is 5.10 Å². The Morgan fingerprint density at radius 2 is 1.92 bits per heavy atom. The number of hydrazone groups is 1. The van der Waals surface area contributed by atoms with Gasteiger partial charge in [0.2, 0.25) is 5.91 Å². The molecule has 0 saturated carbocycles. The molecule has 0 saturated heterocycles. The van der Waals surface area contributed by atoms with E-state index in [-0.39, 0.29) is 23.8 Å². The molecule has 2 aromatic carbocycles. The Hall–Kier alpha value is -3.22. The highest BCUT2D eigenvalue weighted by atomic mass is 16.6. The van der Waals surface area contributed by atoms with E-state index in [0.717, 1.165) is 11.1 Å². The van der Waals surface area contributed by atoms with Crippen LogP contribution in [-0.4, -0.2) is 23.7 Å². The van der Waals surface area contributed by atoms with Gasteiger partial charge in [-0.3, -0.25) is 14.9 Å². The van der Waals surface area contributed by atoms with Crippen LogP contribution in [0.25, 0.3) is 0 Å². The number of benzene rings is 2. The van der Waals surface area contributed by atoms with Crippen LogP contribution in [-0.2, 0) is 11.2 Å². The smallest absolute Gasteiger partial charge is 0.311 e. The molecule has 0 aromatic heterocycles. The molecule has 0 spiro atoms. The van der Waals surface area contributed by atoms with Gasteiger partial charge in [-0.15, -0.1) is 0 Å². The first kappa shape index (κ1) is 19.1. The largest absolute Gasteiger partial charge is 0.490 e. The van der Waals surface area contributed by atoms with E-state index >= 15 is 0 Å². The number of carbonyl (C=O) groups excluding carboxylic acids is 1. The zero-order valence-electron chi connectivity index (χ0n) is 15.2. The van der Waals surface area contributed by atoms with Crippen LogP contribution >= 0.6 is 0 Å². The van der Waals surface area contributed by atoms with Crippen molar-refractivity contribution in [3.8, 4) is 5.75 Å². The maximum atomic E-state index is 12.1. The van der Waals surface area contributed by atoms with Crippen molar-refractivity contribution in [2.45, 2.75) is 27.2 Å². The van der Waals surface area contributed by atoms with Crippen molar-refractivity contribution in [1.82, 2.24) is 5.43 Å². The van der Waals surface area contributed by atoms with Gasteiger partial charge >= 0.3 is 5.69 Å². The molecule has 1 amide bonds. The first-order valence-corrected chi connectivity index (χ1v) is 8.04. The van der Waals surface area contributed by atoms with Crippen molar-refractivity contribution in [2.75, 3.05) is 7.11 Å². The van der Waals surface area contributed by atoms with Crippen LogP contribution in [0.4, 0.5) is 5.69 Å². The summed E-state index contributed by atoms with van der Waals surface area (Å²) in [5, 5.41) is 15.1. The Bertz CT molecular complexity index is 875. The van der Waals surface area contributed by atoms with Crippen molar-refractivity contribution in [2.24, 2.45) is 5.10 Å². The van der Waals surface area contributed by atoms with Crippen molar-refractivity contribution < 1.29 is 14.5 Å². The summed E-state index contributed by atoms with van der Waals surface area (Å²) in [4.78, 5) is 22.6. The lowest BCUT2D eigenvalue weighted by atomic mass is 10.0. The minimum Gasteiger partial charge on any atom is -0.490 e. The minimum atomic E-state index is -0.520. The fourth-order valence-electron chi connectivity index (χ4n) is 2.41. The number of methoxy groups -OCH3 is 1. The lowest BCUT2D eigenvalue weighted by Crippen LogP contribution is -2.21. The average Bonchev–Trinajstić information content (AvgIpc) is 2.62. The van der Waals surface area contributed by atoms with Gasteiger partial charge in [0, 0.05) is 11.6 Å². The molecule has 2 aromatic rings. The molecule has 0 heterocycles. The molecule has 7 heteroatoms. The zero-order chi connectivity index (χ0) is 19.3. The third-order valence-electron chi connectivity index (χ3n) is 4.08. The van der Waals surface area contributed by atoms with E-state index in [4.69, 9.17) is 4.74 Å². The fraction of sp³-hybridized carbons (Fsp3) is 0.263. The molecule has 7 nitrogen and oxygen atoms in total.